The fourth-order valence-electron chi connectivity index (χ4n) is 7.53. The van der Waals surface area contributed by atoms with Crippen molar-refractivity contribution < 1.29 is 0 Å². The number of aromatic nitrogens is 1. The number of hydrogen-bond acceptors (Lipinski definition) is 2. The fraction of sp³-hybridized carbons (Fsp3) is 0. The van der Waals surface area contributed by atoms with Crippen molar-refractivity contribution in [2.24, 2.45) is 0 Å². The number of para-hydroxylation sites is 3. The van der Waals surface area contributed by atoms with E-state index in [0.717, 1.165) is 5.69 Å². The molecular formula is C48H32N2S. The molecule has 0 aliphatic carbocycles. The molecule has 1 aliphatic heterocycles. The Morgan fingerprint density at radius 3 is 1.71 bits per heavy atom. The Hall–Kier alpha value is -6.29. The Bertz CT molecular complexity index is 2710. The van der Waals surface area contributed by atoms with Crippen LogP contribution in [0.25, 0.3) is 60.9 Å². The third-order valence-electron chi connectivity index (χ3n) is 9.98. The zero-order valence-corrected chi connectivity index (χ0v) is 28.6. The molecule has 0 bridgehead atoms. The number of fused-ring (bicyclic) bond motifs is 5. The molecule has 2 heterocycles. The molecule has 1 aromatic heterocycles. The average molecular weight is 669 g/mol. The van der Waals surface area contributed by atoms with Gasteiger partial charge in [0.15, 0.2) is 0 Å². The van der Waals surface area contributed by atoms with Gasteiger partial charge in [-0.15, -0.1) is 0 Å². The molecule has 1 aliphatic rings. The molecule has 0 saturated carbocycles. The minimum atomic E-state index is 1.16. The first-order valence-corrected chi connectivity index (χ1v) is 18.2. The van der Waals surface area contributed by atoms with Gasteiger partial charge in [0.05, 0.1) is 22.4 Å². The molecule has 3 heteroatoms. The Labute approximate surface area is 301 Å². The number of hydrogen-bond donors (Lipinski definition) is 0. The van der Waals surface area contributed by atoms with Crippen LogP contribution in [0.5, 0.6) is 0 Å². The van der Waals surface area contributed by atoms with Crippen LogP contribution in [0.1, 0.15) is 0 Å². The maximum absolute atomic E-state index is 2.41. The summed E-state index contributed by atoms with van der Waals surface area (Å²) in [5.74, 6) is 0. The Morgan fingerprint density at radius 2 is 0.882 bits per heavy atom. The number of nitrogens with zero attached hydrogens (tertiary/aromatic N) is 2. The minimum absolute atomic E-state index is 1.16. The lowest BCUT2D eigenvalue weighted by molar-refractivity contribution is 1.17. The van der Waals surface area contributed by atoms with Crippen LogP contribution in [0.3, 0.4) is 0 Å². The molecule has 51 heavy (non-hydrogen) atoms. The van der Waals surface area contributed by atoms with E-state index in [2.05, 4.69) is 204 Å². The van der Waals surface area contributed by atoms with Crippen molar-refractivity contribution >= 4 is 50.6 Å². The molecule has 0 radical (unpaired) electrons. The van der Waals surface area contributed by atoms with Gasteiger partial charge in [-0.25, -0.2) is 0 Å². The molecule has 0 N–H and O–H groups in total. The third kappa shape index (κ3) is 5.13. The van der Waals surface area contributed by atoms with Gasteiger partial charge >= 0.3 is 0 Å². The molecule has 0 amide bonds. The van der Waals surface area contributed by atoms with E-state index in [4.69, 9.17) is 0 Å². The molecule has 240 valence electrons. The van der Waals surface area contributed by atoms with Crippen molar-refractivity contribution in [3.05, 3.63) is 194 Å². The summed E-state index contributed by atoms with van der Waals surface area (Å²) in [6.45, 7) is 0. The average Bonchev–Trinajstić information content (AvgIpc) is 3.54. The summed E-state index contributed by atoms with van der Waals surface area (Å²) in [5.41, 5.74) is 14.4. The van der Waals surface area contributed by atoms with Crippen molar-refractivity contribution in [2.45, 2.75) is 9.79 Å². The summed E-state index contributed by atoms with van der Waals surface area (Å²) in [5, 5.41) is 2.52. The van der Waals surface area contributed by atoms with E-state index in [0.29, 0.717) is 0 Å². The van der Waals surface area contributed by atoms with Crippen molar-refractivity contribution in [3.8, 4) is 39.1 Å². The van der Waals surface area contributed by atoms with Gasteiger partial charge in [-0.05, 0) is 100 Å². The maximum atomic E-state index is 2.41. The van der Waals surface area contributed by atoms with Gasteiger partial charge in [-0.3, -0.25) is 0 Å². The van der Waals surface area contributed by atoms with Crippen LogP contribution in [0.4, 0.5) is 17.1 Å². The molecule has 0 fully saturated rings. The summed E-state index contributed by atoms with van der Waals surface area (Å²) in [7, 11) is 0. The second-order valence-electron chi connectivity index (χ2n) is 13.0. The highest BCUT2D eigenvalue weighted by molar-refractivity contribution is 7.99. The van der Waals surface area contributed by atoms with Crippen LogP contribution < -0.4 is 4.90 Å². The lowest BCUT2D eigenvalue weighted by atomic mass is 9.98. The predicted octanol–water partition coefficient (Wildman–Crippen LogP) is 13.7. The van der Waals surface area contributed by atoms with Crippen LogP contribution in [-0.4, -0.2) is 4.57 Å². The minimum Gasteiger partial charge on any atom is -0.309 e. The van der Waals surface area contributed by atoms with Gasteiger partial charge in [0.1, 0.15) is 0 Å². The summed E-state index contributed by atoms with van der Waals surface area (Å²) in [4.78, 5) is 4.90. The summed E-state index contributed by atoms with van der Waals surface area (Å²) in [6, 6.07) is 70.4. The van der Waals surface area contributed by atoms with E-state index in [1.54, 1.807) is 0 Å². The zero-order chi connectivity index (χ0) is 33.7. The van der Waals surface area contributed by atoms with Crippen LogP contribution in [0.15, 0.2) is 204 Å². The third-order valence-corrected chi connectivity index (χ3v) is 11.1. The topological polar surface area (TPSA) is 8.17 Å². The molecular weight excluding hydrogens is 637 g/mol. The molecule has 10 rings (SSSR count). The number of benzene rings is 8. The van der Waals surface area contributed by atoms with Crippen molar-refractivity contribution in [1.29, 1.82) is 0 Å². The first kappa shape index (κ1) is 29.6. The Balaban J connectivity index is 1.05. The summed E-state index contributed by atoms with van der Waals surface area (Å²) < 4.78 is 2.41. The highest BCUT2D eigenvalue weighted by atomic mass is 32.2. The highest BCUT2D eigenvalue weighted by Crippen LogP contribution is 2.52. The Kier molecular flexibility index (Phi) is 7.11. The number of anilines is 3. The molecule has 0 atom stereocenters. The van der Waals surface area contributed by atoms with Crippen LogP contribution in [-0.2, 0) is 0 Å². The van der Waals surface area contributed by atoms with E-state index in [1.165, 1.54) is 82.0 Å². The molecule has 0 spiro atoms. The van der Waals surface area contributed by atoms with E-state index in [1.807, 2.05) is 11.8 Å². The van der Waals surface area contributed by atoms with E-state index in [-0.39, 0.29) is 0 Å². The second kappa shape index (κ2) is 12.2. The fourth-order valence-corrected chi connectivity index (χ4v) is 8.63. The van der Waals surface area contributed by atoms with Crippen LogP contribution >= 0.6 is 11.8 Å². The second-order valence-corrected chi connectivity index (χ2v) is 14.1. The lowest BCUT2D eigenvalue weighted by Gasteiger charge is -2.33. The van der Waals surface area contributed by atoms with Gasteiger partial charge in [-0.2, -0.15) is 0 Å². The van der Waals surface area contributed by atoms with Crippen molar-refractivity contribution in [1.82, 2.24) is 4.57 Å². The summed E-state index contributed by atoms with van der Waals surface area (Å²) in [6.07, 6.45) is 0. The van der Waals surface area contributed by atoms with Gasteiger partial charge in [0.25, 0.3) is 0 Å². The first-order valence-electron chi connectivity index (χ1n) is 17.3. The van der Waals surface area contributed by atoms with E-state index in [9.17, 15) is 0 Å². The summed E-state index contributed by atoms with van der Waals surface area (Å²) >= 11 is 1.85. The van der Waals surface area contributed by atoms with E-state index < -0.39 is 0 Å². The largest absolute Gasteiger partial charge is 0.309 e. The molecule has 8 aromatic carbocycles. The van der Waals surface area contributed by atoms with Crippen LogP contribution in [0.2, 0.25) is 0 Å². The SMILES string of the molecule is c1ccc(-c2ccc(-n3c4ccccc4c4ccc(-c5cccc(-c6ccc7c(c6)Sc6ccccc6N7c6ccccc6)c5)cc43)cc2)cc1. The monoisotopic (exact) mass is 668 g/mol. The van der Waals surface area contributed by atoms with Crippen LogP contribution in [0, 0.1) is 0 Å². The molecule has 0 saturated heterocycles. The molecule has 9 aromatic rings. The van der Waals surface area contributed by atoms with E-state index >= 15 is 0 Å². The van der Waals surface area contributed by atoms with Gasteiger partial charge in [-0.1, -0.05) is 139 Å². The smallest absolute Gasteiger partial charge is 0.0602 e. The predicted molar refractivity (Wildman–Crippen MR) is 216 cm³/mol. The Morgan fingerprint density at radius 1 is 0.314 bits per heavy atom. The zero-order valence-electron chi connectivity index (χ0n) is 27.8. The lowest BCUT2D eigenvalue weighted by Crippen LogP contribution is -2.14. The van der Waals surface area contributed by atoms with Gasteiger partial charge < -0.3 is 9.47 Å². The van der Waals surface area contributed by atoms with Gasteiger partial charge in [0, 0.05) is 31.9 Å². The normalized spacial score (nSPS) is 12.2. The standard InChI is InChI=1S/C48H32N2S/c1-3-12-33(13-4-1)34-22-26-40(27-23-34)49-43-19-8-7-18-41(43)42-28-24-37(31-46(42)49)35-14-11-15-36(30-35)38-25-29-45-48(32-38)51-47-21-10-9-20-44(47)50(45)39-16-5-2-6-17-39/h1-32H. The molecule has 2 nitrogen and oxygen atoms in total. The maximum Gasteiger partial charge on any atom is 0.0602 e. The highest BCUT2D eigenvalue weighted by Gasteiger charge is 2.25. The van der Waals surface area contributed by atoms with Gasteiger partial charge in [0.2, 0.25) is 0 Å². The van der Waals surface area contributed by atoms with Crippen molar-refractivity contribution in [3.63, 3.8) is 0 Å². The quantitative estimate of drug-likeness (QED) is 0.180. The molecule has 0 unspecified atom stereocenters. The number of rotatable bonds is 5. The first-order chi connectivity index (χ1) is 25.3. The van der Waals surface area contributed by atoms with Crippen molar-refractivity contribution in [2.75, 3.05) is 4.90 Å².